The second-order valence-corrected chi connectivity index (χ2v) is 4.83. The van der Waals surface area contributed by atoms with Gasteiger partial charge in [-0.25, -0.2) is 4.39 Å². The molecule has 0 aliphatic carbocycles. The van der Waals surface area contributed by atoms with Crippen LogP contribution in [0, 0.1) is 5.82 Å². The topological polar surface area (TPSA) is 67.4 Å². The molecule has 0 spiro atoms. The lowest BCUT2D eigenvalue weighted by Crippen LogP contribution is -2.48. The van der Waals surface area contributed by atoms with Gasteiger partial charge in [-0.3, -0.25) is 9.59 Å². The maximum absolute atomic E-state index is 12.8. The molecule has 0 aromatic heterocycles. The van der Waals surface area contributed by atoms with E-state index >= 15 is 0 Å². The number of fused-ring (bicyclic) bond motifs is 1. The van der Waals surface area contributed by atoms with Crippen molar-refractivity contribution in [2.75, 3.05) is 5.32 Å². The highest BCUT2D eigenvalue weighted by atomic mass is 19.1. The zero-order valence-corrected chi connectivity index (χ0v) is 11.5. The Hall–Kier alpha value is -2.89. The Morgan fingerprint density at radius 3 is 2.68 bits per heavy atom. The number of nitrogens with one attached hydrogen (secondary N) is 2. The van der Waals surface area contributed by atoms with Crippen molar-refractivity contribution in [2.24, 2.45) is 0 Å². The molecule has 1 aliphatic heterocycles. The van der Waals surface area contributed by atoms with E-state index in [1.807, 2.05) is 0 Å². The number of anilines is 1. The Balaban J connectivity index is 1.65. The van der Waals surface area contributed by atoms with E-state index in [1.54, 1.807) is 36.4 Å². The molecule has 1 heterocycles. The normalized spacial score (nSPS) is 16.2. The van der Waals surface area contributed by atoms with Crippen LogP contribution in [0.3, 0.4) is 0 Å². The molecule has 0 radical (unpaired) electrons. The van der Waals surface area contributed by atoms with Crippen LogP contribution in [0.25, 0.3) is 0 Å². The number of hydrogen-bond acceptors (Lipinski definition) is 3. The number of hydrogen-bond donors (Lipinski definition) is 2. The summed E-state index contributed by atoms with van der Waals surface area (Å²) in [6, 6.07) is 12.6. The minimum Gasteiger partial charge on any atom is -0.468 e. The molecule has 0 saturated heterocycles. The van der Waals surface area contributed by atoms with E-state index in [9.17, 15) is 14.0 Å². The summed E-state index contributed by atoms with van der Waals surface area (Å²) in [6.45, 7) is 0.188. The fourth-order valence-corrected chi connectivity index (χ4v) is 2.11. The van der Waals surface area contributed by atoms with Gasteiger partial charge in [-0.2, -0.15) is 0 Å². The van der Waals surface area contributed by atoms with E-state index in [4.69, 9.17) is 4.74 Å². The molecular weight excluding hydrogens is 287 g/mol. The number of halogens is 1. The fourth-order valence-electron chi connectivity index (χ4n) is 2.11. The maximum Gasteiger partial charge on any atom is 0.275 e. The lowest BCUT2D eigenvalue weighted by atomic mass is 10.2. The van der Waals surface area contributed by atoms with Gasteiger partial charge < -0.3 is 15.4 Å². The minimum atomic E-state index is -1.24. The Bertz CT molecular complexity index is 716. The van der Waals surface area contributed by atoms with Gasteiger partial charge in [0.05, 0.1) is 5.69 Å². The molecule has 112 valence electrons. The van der Waals surface area contributed by atoms with Crippen LogP contribution in [-0.4, -0.2) is 17.9 Å². The number of carbonyl (C=O) groups excluding carboxylic acids is 2. The molecule has 0 unspecified atom stereocenters. The second kappa shape index (κ2) is 5.85. The van der Waals surface area contributed by atoms with Crippen molar-refractivity contribution in [3.05, 3.63) is 59.9 Å². The van der Waals surface area contributed by atoms with Crippen molar-refractivity contribution in [3.8, 4) is 5.75 Å². The summed E-state index contributed by atoms with van der Waals surface area (Å²) in [7, 11) is 0. The monoisotopic (exact) mass is 300 g/mol. The average Bonchev–Trinajstić information content (AvgIpc) is 2.53. The molecule has 2 amide bonds. The Labute approximate surface area is 126 Å². The van der Waals surface area contributed by atoms with Crippen LogP contribution in [0.15, 0.2) is 48.5 Å². The summed E-state index contributed by atoms with van der Waals surface area (Å²) in [5.41, 5.74) is 1.27. The Kier molecular flexibility index (Phi) is 3.74. The molecule has 5 nitrogen and oxygen atoms in total. The number of carbonyl (C=O) groups is 2. The first-order valence-electron chi connectivity index (χ1n) is 6.72. The van der Waals surface area contributed by atoms with E-state index in [2.05, 4.69) is 10.6 Å². The summed E-state index contributed by atoms with van der Waals surface area (Å²) < 4.78 is 18.2. The molecule has 0 bridgehead atoms. The van der Waals surface area contributed by atoms with Crippen molar-refractivity contribution in [1.29, 1.82) is 0 Å². The number of para-hydroxylation sites is 2. The second-order valence-electron chi connectivity index (χ2n) is 4.83. The van der Waals surface area contributed by atoms with Crippen LogP contribution in [-0.2, 0) is 16.1 Å². The third-order valence-corrected chi connectivity index (χ3v) is 3.25. The van der Waals surface area contributed by atoms with Gasteiger partial charge in [0, 0.05) is 6.54 Å². The van der Waals surface area contributed by atoms with Crippen molar-refractivity contribution in [2.45, 2.75) is 12.6 Å². The maximum atomic E-state index is 12.8. The van der Waals surface area contributed by atoms with Crippen molar-refractivity contribution >= 4 is 17.5 Å². The first kappa shape index (κ1) is 14.1. The van der Waals surface area contributed by atoms with Crippen molar-refractivity contribution in [1.82, 2.24) is 5.32 Å². The van der Waals surface area contributed by atoms with E-state index in [0.29, 0.717) is 11.4 Å². The minimum absolute atomic E-state index is 0.188. The molecule has 22 heavy (non-hydrogen) atoms. The smallest absolute Gasteiger partial charge is 0.275 e. The summed E-state index contributed by atoms with van der Waals surface area (Å²) in [6.07, 6.45) is -1.24. The molecule has 1 aliphatic rings. The van der Waals surface area contributed by atoms with E-state index in [1.165, 1.54) is 12.1 Å². The van der Waals surface area contributed by atoms with Gasteiger partial charge >= 0.3 is 0 Å². The standard InChI is InChI=1S/C16H13FN2O3/c17-11-7-5-10(6-8-11)9-18-15(20)14-16(21)19-12-3-1-2-4-13(12)22-14/h1-8,14H,9H2,(H,18,20)(H,19,21)/t14-/m1/s1. The summed E-state index contributed by atoms with van der Waals surface area (Å²) in [5, 5.41) is 5.22. The van der Waals surface area contributed by atoms with Gasteiger partial charge in [-0.05, 0) is 29.8 Å². The molecule has 0 saturated carbocycles. The highest BCUT2D eigenvalue weighted by Gasteiger charge is 2.33. The number of amides is 2. The van der Waals surface area contributed by atoms with E-state index < -0.39 is 17.9 Å². The first-order chi connectivity index (χ1) is 10.6. The first-order valence-corrected chi connectivity index (χ1v) is 6.72. The quantitative estimate of drug-likeness (QED) is 0.850. The molecule has 2 aromatic carbocycles. The fraction of sp³-hybridized carbons (Fsp3) is 0.125. The van der Waals surface area contributed by atoms with Crippen LogP contribution in [0.4, 0.5) is 10.1 Å². The Morgan fingerprint density at radius 2 is 1.91 bits per heavy atom. The molecule has 0 fully saturated rings. The molecule has 6 heteroatoms. The predicted molar refractivity (Wildman–Crippen MR) is 77.7 cm³/mol. The predicted octanol–water partition coefficient (Wildman–Crippen LogP) is 1.84. The van der Waals surface area contributed by atoms with E-state index in [0.717, 1.165) is 5.56 Å². The van der Waals surface area contributed by atoms with Crippen LogP contribution in [0.2, 0.25) is 0 Å². The molecule has 2 N–H and O–H groups in total. The van der Waals surface area contributed by atoms with Gasteiger partial charge in [0.1, 0.15) is 11.6 Å². The summed E-state index contributed by atoms with van der Waals surface area (Å²) >= 11 is 0. The van der Waals surface area contributed by atoms with Crippen LogP contribution in [0.1, 0.15) is 5.56 Å². The molecule has 2 aromatic rings. The Morgan fingerprint density at radius 1 is 1.18 bits per heavy atom. The lowest BCUT2D eigenvalue weighted by molar-refractivity contribution is -0.137. The van der Waals surface area contributed by atoms with Crippen molar-refractivity contribution in [3.63, 3.8) is 0 Å². The van der Waals surface area contributed by atoms with Crippen LogP contribution in [0.5, 0.6) is 5.75 Å². The van der Waals surface area contributed by atoms with Gasteiger partial charge in [0.15, 0.2) is 0 Å². The van der Waals surface area contributed by atoms with Gasteiger partial charge in [-0.15, -0.1) is 0 Å². The SMILES string of the molecule is O=C(NCc1ccc(F)cc1)[C@H]1Oc2ccccc2NC1=O. The zero-order chi connectivity index (χ0) is 15.5. The summed E-state index contributed by atoms with van der Waals surface area (Å²) in [4.78, 5) is 24.0. The van der Waals surface area contributed by atoms with E-state index in [-0.39, 0.29) is 12.4 Å². The number of ether oxygens (including phenoxy) is 1. The molecule has 3 rings (SSSR count). The van der Waals surface area contributed by atoms with Gasteiger partial charge in [-0.1, -0.05) is 24.3 Å². The van der Waals surface area contributed by atoms with Gasteiger partial charge in [0.25, 0.3) is 17.9 Å². The molecular formula is C16H13FN2O3. The highest BCUT2D eigenvalue weighted by molar-refractivity contribution is 6.11. The summed E-state index contributed by atoms with van der Waals surface area (Å²) in [5.74, 6) is -0.961. The van der Waals surface area contributed by atoms with Crippen molar-refractivity contribution < 1.29 is 18.7 Å². The van der Waals surface area contributed by atoms with Crippen LogP contribution >= 0.6 is 0 Å². The molecule has 1 atom stereocenters. The highest BCUT2D eigenvalue weighted by Crippen LogP contribution is 2.28. The largest absolute Gasteiger partial charge is 0.468 e. The average molecular weight is 300 g/mol. The number of rotatable bonds is 3. The zero-order valence-electron chi connectivity index (χ0n) is 11.5. The third-order valence-electron chi connectivity index (χ3n) is 3.25. The van der Waals surface area contributed by atoms with Crippen LogP contribution < -0.4 is 15.4 Å². The van der Waals surface area contributed by atoms with Gasteiger partial charge in [0.2, 0.25) is 0 Å². The third kappa shape index (κ3) is 2.90. The lowest BCUT2D eigenvalue weighted by Gasteiger charge is -2.24. The number of benzene rings is 2.